The first kappa shape index (κ1) is 13.5. The van der Waals surface area contributed by atoms with Crippen LogP contribution in [-0.4, -0.2) is 13.2 Å². The van der Waals surface area contributed by atoms with E-state index >= 15 is 0 Å². The zero-order chi connectivity index (χ0) is 12.7. The maximum atomic E-state index is 13.4. The predicted octanol–water partition coefficient (Wildman–Crippen LogP) is 2.73. The Labute approximate surface area is 102 Å². The Morgan fingerprint density at radius 1 is 1.53 bits per heavy atom. The van der Waals surface area contributed by atoms with Crippen LogP contribution in [0.25, 0.3) is 0 Å². The molecule has 0 amide bonds. The van der Waals surface area contributed by atoms with Crippen molar-refractivity contribution in [3.05, 3.63) is 29.6 Å². The van der Waals surface area contributed by atoms with Crippen LogP contribution >= 0.6 is 0 Å². The Morgan fingerprint density at radius 2 is 2.29 bits per heavy atom. The van der Waals surface area contributed by atoms with Gasteiger partial charge in [0.1, 0.15) is 0 Å². The third kappa shape index (κ3) is 4.08. The van der Waals surface area contributed by atoms with Crippen molar-refractivity contribution in [3.63, 3.8) is 0 Å². The average Bonchev–Trinajstić information content (AvgIpc) is 2.34. The van der Waals surface area contributed by atoms with Crippen molar-refractivity contribution >= 4 is 0 Å². The lowest BCUT2D eigenvalue weighted by Crippen LogP contribution is -2.26. The number of rotatable bonds is 6. The fourth-order valence-electron chi connectivity index (χ4n) is 1.59. The molecule has 0 saturated carbocycles. The topological polar surface area (TPSA) is 21.3 Å². The van der Waals surface area contributed by atoms with Crippen molar-refractivity contribution in [1.82, 2.24) is 5.32 Å². The summed E-state index contributed by atoms with van der Waals surface area (Å²) in [5.74, 6) is 2.59. The summed E-state index contributed by atoms with van der Waals surface area (Å²) in [5.41, 5.74) is 0.861. The number of hydrogen-bond donors (Lipinski definition) is 1. The number of methoxy groups -OCH3 is 1. The molecule has 92 valence electrons. The fourth-order valence-corrected chi connectivity index (χ4v) is 1.59. The fraction of sp³-hybridized carbons (Fsp3) is 0.429. The molecule has 0 radical (unpaired) electrons. The number of terminal acetylenes is 1. The minimum atomic E-state index is -0.348. The van der Waals surface area contributed by atoms with Gasteiger partial charge < -0.3 is 4.74 Å². The molecule has 0 bridgehead atoms. The Balaban J connectivity index is 2.58. The van der Waals surface area contributed by atoms with E-state index < -0.39 is 0 Å². The van der Waals surface area contributed by atoms with E-state index in [1.807, 2.05) is 6.07 Å². The van der Waals surface area contributed by atoms with Crippen molar-refractivity contribution in [2.24, 2.45) is 0 Å². The van der Waals surface area contributed by atoms with Gasteiger partial charge in [0, 0.05) is 6.54 Å². The summed E-state index contributed by atoms with van der Waals surface area (Å²) in [5, 5.41) is 3.21. The van der Waals surface area contributed by atoms with Gasteiger partial charge in [0.2, 0.25) is 0 Å². The maximum Gasteiger partial charge on any atom is 0.165 e. The molecule has 0 aromatic heterocycles. The molecular weight excluding hydrogens is 217 g/mol. The molecule has 1 atom stereocenters. The van der Waals surface area contributed by atoms with Gasteiger partial charge in [-0.2, -0.15) is 0 Å². The lowest BCUT2D eigenvalue weighted by atomic mass is 10.1. The molecule has 0 saturated heterocycles. The van der Waals surface area contributed by atoms with Crippen LogP contribution < -0.4 is 10.1 Å². The number of benzene rings is 1. The van der Waals surface area contributed by atoms with Crippen LogP contribution in [0.3, 0.4) is 0 Å². The van der Waals surface area contributed by atoms with Gasteiger partial charge in [0.05, 0.1) is 13.2 Å². The molecule has 2 nitrogen and oxygen atoms in total. The highest BCUT2D eigenvalue weighted by molar-refractivity contribution is 5.29. The molecule has 3 heteroatoms. The molecule has 0 aliphatic carbocycles. The minimum absolute atomic E-state index is 0.0464. The standard InChI is InChI=1S/C14H18FNO/c1-4-6-12(5-2)16-10-11-7-8-14(17-3)13(15)9-11/h2,7-9,12,16H,4,6,10H2,1,3H3. The van der Waals surface area contributed by atoms with Crippen molar-refractivity contribution < 1.29 is 9.13 Å². The zero-order valence-electron chi connectivity index (χ0n) is 10.3. The largest absolute Gasteiger partial charge is 0.494 e. The SMILES string of the molecule is C#CC(CCC)NCc1ccc(OC)c(F)c1. The van der Waals surface area contributed by atoms with Crippen molar-refractivity contribution in [1.29, 1.82) is 0 Å². The minimum Gasteiger partial charge on any atom is -0.494 e. The van der Waals surface area contributed by atoms with Gasteiger partial charge in [-0.15, -0.1) is 6.42 Å². The highest BCUT2D eigenvalue weighted by atomic mass is 19.1. The second kappa shape index (κ2) is 6.93. The maximum absolute atomic E-state index is 13.4. The summed E-state index contributed by atoms with van der Waals surface area (Å²) in [4.78, 5) is 0. The third-order valence-electron chi connectivity index (χ3n) is 2.55. The first-order chi connectivity index (χ1) is 8.21. The molecule has 0 spiro atoms. The normalized spacial score (nSPS) is 11.9. The predicted molar refractivity (Wildman–Crippen MR) is 67.3 cm³/mol. The van der Waals surface area contributed by atoms with E-state index in [0.29, 0.717) is 6.54 Å². The van der Waals surface area contributed by atoms with Crippen molar-refractivity contribution in [3.8, 4) is 18.1 Å². The molecule has 0 aliphatic heterocycles. The molecule has 1 unspecified atom stereocenters. The van der Waals surface area contributed by atoms with E-state index in [9.17, 15) is 4.39 Å². The summed E-state index contributed by atoms with van der Waals surface area (Å²) in [6, 6.07) is 4.96. The molecule has 1 aromatic carbocycles. The summed E-state index contributed by atoms with van der Waals surface area (Å²) < 4.78 is 18.3. The Kier molecular flexibility index (Phi) is 5.51. The number of ether oxygens (including phenoxy) is 1. The number of hydrogen-bond acceptors (Lipinski definition) is 2. The molecule has 1 rings (SSSR count). The smallest absolute Gasteiger partial charge is 0.165 e. The Morgan fingerprint density at radius 3 is 2.82 bits per heavy atom. The molecule has 0 heterocycles. The van der Waals surface area contributed by atoms with Gasteiger partial charge >= 0.3 is 0 Å². The lowest BCUT2D eigenvalue weighted by Gasteiger charge is -2.12. The van der Waals surface area contributed by atoms with Crippen molar-refractivity contribution in [2.75, 3.05) is 7.11 Å². The second-order valence-electron chi connectivity index (χ2n) is 3.86. The third-order valence-corrected chi connectivity index (χ3v) is 2.55. The molecule has 1 N–H and O–H groups in total. The molecule has 0 fully saturated rings. The second-order valence-corrected chi connectivity index (χ2v) is 3.86. The van der Waals surface area contributed by atoms with Crippen LogP contribution in [-0.2, 0) is 6.54 Å². The van der Waals surface area contributed by atoms with E-state index in [1.54, 1.807) is 6.07 Å². The quantitative estimate of drug-likeness (QED) is 0.765. The highest BCUT2D eigenvalue weighted by Crippen LogP contribution is 2.17. The van der Waals surface area contributed by atoms with E-state index in [4.69, 9.17) is 11.2 Å². The summed E-state index contributed by atoms with van der Waals surface area (Å²) in [6.45, 7) is 2.65. The van der Waals surface area contributed by atoms with E-state index in [1.165, 1.54) is 13.2 Å². The Bertz CT molecular complexity index is 398. The van der Waals surface area contributed by atoms with Crippen LogP contribution in [0.1, 0.15) is 25.3 Å². The summed E-state index contributed by atoms with van der Waals surface area (Å²) in [6.07, 6.45) is 7.34. The summed E-state index contributed by atoms with van der Waals surface area (Å²) in [7, 11) is 1.45. The molecular formula is C14H18FNO. The van der Waals surface area contributed by atoms with E-state index in [2.05, 4.69) is 18.2 Å². The number of nitrogens with one attached hydrogen (secondary N) is 1. The number of halogens is 1. The van der Waals surface area contributed by atoms with Crippen LogP contribution in [0.4, 0.5) is 4.39 Å². The average molecular weight is 235 g/mol. The first-order valence-electron chi connectivity index (χ1n) is 5.73. The molecule has 0 aliphatic rings. The van der Waals surface area contributed by atoms with Crippen molar-refractivity contribution in [2.45, 2.75) is 32.4 Å². The van der Waals surface area contributed by atoms with Crippen LogP contribution in [0, 0.1) is 18.2 Å². The van der Waals surface area contributed by atoms with Gasteiger partial charge in [-0.25, -0.2) is 4.39 Å². The van der Waals surface area contributed by atoms with E-state index in [0.717, 1.165) is 18.4 Å². The van der Waals surface area contributed by atoms with Gasteiger partial charge in [-0.1, -0.05) is 25.3 Å². The van der Waals surface area contributed by atoms with Gasteiger partial charge in [0.25, 0.3) is 0 Å². The zero-order valence-corrected chi connectivity index (χ0v) is 10.3. The van der Waals surface area contributed by atoms with Gasteiger partial charge in [-0.3, -0.25) is 5.32 Å². The summed E-state index contributed by atoms with van der Waals surface area (Å²) >= 11 is 0. The van der Waals surface area contributed by atoms with Crippen LogP contribution in [0.2, 0.25) is 0 Å². The van der Waals surface area contributed by atoms with Gasteiger partial charge in [0.15, 0.2) is 11.6 Å². The first-order valence-corrected chi connectivity index (χ1v) is 5.73. The van der Waals surface area contributed by atoms with Gasteiger partial charge in [-0.05, 0) is 24.1 Å². The van der Waals surface area contributed by atoms with E-state index in [-0.39, 0.29) is 17.6 Å². The Hall–Kier alpha value is -1.53. The van der Waals surface area contributed by atoms with Crippen LogP contribution in [0.5, 0.6) is 5.75 Å². The highest BCUT2D eigenvalue weighted by Gasteiger charge is 2.06. The monoisotopic (exact) mass is 235 g/mol. The lowest BCUT2D eigenvalue weighted by molar-refractivity contribution is 0.386. The van der Waals surface area contributed by atoms with Crippen LogP contribution in [0.15, 0.2) is 18.2 Å². The molecule has 1 aromatic rings. The molecule has 17 heavy (non-hydrogen) atoms.